The third-order valence-corrected chi connectivity index (χ3v) is 1.64. The van der Waals surface area contributed by atoms with E-state index < -0.39 is 0 Å². The molecule has 1 aromatic rings. The first kappa shape index (κ1) is 9.86. The summed E-state index contributed by atoms with van der Waals surface area (Å²) < 4.78 is 5.30. The van der Waals surface area contributed by atoms with Crippen LogP contribution in [0.25, 0.3) is 0 Å². The molecule has 1 unspecified atom stereocenters. The molecule has 0 aromatic heterocycles. The molecule has 3 nitrogen and oxygen atoms in total. The molecule has 0 saturated carbocycles. The molecule has 0 spiro atoms. The Morgan fingerprint density at radius 2 is 1.92 bits per heavy atom. The number of phenols is 1. The third-order valence-electron chi connectivity index (χ3n) is 1.64. The molecule has 1 aromatic carbocycles. The summed E-state index contributed by atoms with van der Waals surface area (Å²) in [6.07, 6.45) is 0.276. The van der Waals surface area contributed by atoms with Crippen molar-refractivity contribution in [3.63, 3.8) is 0 Å². The normalized spacial score (nSPS) is 12.5. The smallest absolute Gasteiger partial charge is 0.119 e. The Hall–Kier alpha value is -1.22. The van der Waals surface area contributed by atoms with Crippen LogP contribution in [-0.2, 0) is 0 Å². The van der Waals surface area contributed by atoms with Gasteiger partial charge in [-0.25, -0.2) is 0 Å². The fraction of sp³-hybridized carbons (Fsp3) is 0.400. The first-order valence-electron chi connectivity index (χ1n) is 4.28. The Labute approximate surface area is 77.6 Å². The molecule has 1 atom stereocenters. The summed E-state index contributed by atoms with van der Waals surface area (Å²) in [5.74, 6) is 0.932. The molecule has 0 saturated heterocycles. The molecule has 2 N–H and O–H groups in total. The lowest BCUT2D eigenvalue weighted by atomic mass is 10.3. The summed E-state index contributed by atoms with van der Waals surface area (Å²) in [5.41, 5.74) is 0. The van der Waals surface area contributed by atoms with Gasteiger partial charge in [0, 0.05) is 6.42 Å². The van der Waals surface area contributed by atoms with Crippen molar-refractivity contribution in [1.29, 1.82) is 0 Å². The highest BCUT2D eigenvalue weighted by Gasteiger charge is 1.97. The zero-order chi connectivity index (χ0) is 9.68. The zero-order valence-corrected chi connectivity index (χ0v) is 7.60. The Balaban J connectivity index is 2.33. The van der Waals surface area contributed by atoms with Crippen LogP contribution in [0, 0.1) is 0 Å². The fourth-order valence-electron chi connectivity index (χ4n) is 0.890. The van der Waals surface area contributed by atoms with Gasteiger partial charge in [-0.15, -0.1) is 0 Å². The molecular formula is C10H14O3. The van der Waals surface area contributed by atoms with E-state index in [0.29, 0.717) is 18.8 Å². The highest BCUT2D eigenvalue weighted by molar-refractivity contribution is 5.29. The van der Waals surface area contributed by atoms with Crippen LogP contribution >= 0.6 is 0 Å². The van der Waals surface area contributed by atoms with Gasteiger partial charge in [0.1, 0.15) is 11.5 Å². The number of benzene rings is 1. The van der Waals surface area contributed by atoms with Crippen LogP contribution in [0.4, 0.5) is 0 Å². The predicted molar refractivity (Wildman–Crippen MR) is 49.9 cm³/mol. The third kappa shape index (κ3) is 3.80. The summed E-state index contributed by atoms with van der Waals surface area (Å²) in [6, 6.07) is 6.52. The van der Waals surface area contributed by atoms with Gasteiger partial charge in [0.25, 0.3) is 0 Å². The second-order valence-corrected chi connectivity index (χ2v) is 2.98. The Bertz CT molecular complexity index is 241. The Kier molecular flexibility index (Phi) is 3.58. The topological polar surface area (TPSA) is 49.7 Å². The van der Waals surface area contributed by atoms with Gasteiger partial charge in [0.2, 0.25) is 0 Å². The quantitative estimate of drug-likeness (QED) is 0.742. The van der Waals surface area contributed by atoms with E-state index in [4.69, 9.17) is 14.9 Å². The number of rotatable bonds is 4. The number of ether oxygens (including phenoxy) is 1. The minimum Gasteiger partial charge on any atom is -0.508 e. The van der Waals surface area contributed by atoms with Crippen molar-refractivity contribution in [2.45, 2.75) is 19.4 Å². The van der Waals surface area contributed by atoms with Gasteiger partial charge in [-0.2, -0.15) is 0 Å². The lowest BCUT2D eigenvalue weighted by Gasteiger charge is -2.07. The SMILES string of the molecule is CC(O)CCOc1ccc(O)cc1. The first-order chi connectivity index (χ1) is 6.18. The Morgan fingerprint density at radius 1 is 1.31 bits per heavy atom. The molecular weight excluding hydrogens is 168 g/mol. The van der Waals surface area contributed by atoms with E-state index >= 15 is 0 Å². The molecule has 0 aliphatic heterocycles. The van der Waals surface area contributed by atoms with Gasteiger partial charge in [-0.1, -0.05) is 0 Å². The van der Waals surface area contributed by atoms with Crippen molar-refractivity contribution < 1.29 is 14.9 Å². The highest BCUT2D eigenvalue weighted by Crippen LogP contribution is 2.15. The largest absolute Gasteiger partial charge is 0.508 e. The fourth-order valence-corrected chi connectivity index (χ4v) is 0.890. The van der Waals surface area contributed by atoms with Crippen LogP contribution in [0.2, 0.25) is 0 Å². The molecule has 0 fully saturated rings. The van der Waals surface area contributed by atoms with Gasteiger partial charge >= 0.3 is 0 Å². The molecule has 0 bridgehead atoms. The predicted octanol–water partition coefficient (Wildman–Crippen LogP) is 1.54. The van der Waals surface area contributed by atoms with Crippen molar-refractivity contribution in [1.82, 2.24) is 0 Å². The summed E-state index contributed by atoms with van der Waals surface area (Å²) in [7, 11) is 0. The van der Waals surface area contributed by atoms with Crippen LogP contribution in [0.5, 0.6) is 11.5 Å². The summed E-state index contributed by atoms with van der Waals surface area (Å²) >= 11 is 0. The summed E-state index contributed by atoms with van der Waals surface area (Å²) in [6.45, 7) is 2.21. The number of aromatic hydroxyl groups is 1. The maximum Gasteiger partial charge on any atom is 0.119 e. The second-order valence-electron chi connectivity index (χ2n) is 2.98. The number of phenolic OH excluding ortho intramolecular Hbond substituents is 1. The van der Waals surface area contributed by atoms with E-state index in [-0.39, 0.29) is 11.9 Å². The minimum absolute atomic E-state index is 0.225. The summed E-state index contributed by atoms with van der Waals surface area (Å²) in [5, 5.41) is 17.9. The van der Waals surface area contributed by atoms with Crippen molar-refractivity contribution in [2.24, 2.45) is 0 Å². The molecule has 3 heteroatoms. The lowest BCUT2D eigenvalue weighted by Crippen LogP contribution is -2.07. The number of hydrogen-bond acceptors (Lipinski definition) is 3. The number of hydrogen-bond donors (Lipinski definition) is 2. The summed E-state index contributed by atoms with van der Waals surface area (Å²) in [4.78, 5) is 0. The van der Waals surface area contributed by atoms with Gasteiger partial charge in [0.15, 0.2) is 0 Å². The van der Waals surface area contributed by atoms with Crippen LogP contribution in [0.3, 0.4) is 0 Å². The van der Waals surface area contributed by atoms with Gasteiger partial charge in [-0.3, -0.25) is 0 Å². The molecule has 72 valence electrons. The zero-order valence-electron chi connectivity index (χ0n) is 7.60. The standard InChI is InChI=1S/C10H14O3/c1-8(11)6-7-13-10-4-2-9(12)3-5-10/h2-5,8,11-12H,6-7H2,1H3. The van der Waals surface area contributed by atoms with Crippen molar-refractivity contribution in [3.05, 3.63) is 24.3 Å². The van der Waals surface area contributed by atoms with Gasteiger partial charge in [-0.05, 0) is 31.2 Å². The Morgan fingerprint density at radius 3 is 2.46 bits per heavy atom. The average Bonchev–Trinajstić information content (AvgIpc) is 2.08. The number of aliphatic hydroxyl groups is 1. The van der Waals surface area contributed by atoms with E-state index in [1.165, 1.54) is 0 Å². The van der Waals surface area contributed by atoms with Crippen molar-refractivity contribution >= 4 is 0 Å². The molecule has 0 radical (unpaired) electrons. The van der Waals surface area contributed by atoms with Crippen molar-refractivity contribution in [2.75, 3.05) is 6.61 Å². The van der Waals surface area contributed by atoms with E-state index in [1.807, 2.05) is 0 Å². The maximum absolute atomic E-state index is 8.97. The first-order valence-corrected chi connectivity index (χ1v) is 4.28. The van der Waals surface area contributed by atoms with E-state index in [0.717, 1.165) is 0 Å². The monoisotopic (exact) mass is 182 g/mol. The van der Waals surface area contributed by atoms with Crippen LogP contribution in [-0.4, -0.2) is 22.9 Å². The van der Waals surface area contributed by atoms with Gasteiger partial charge in [0.05, 0.1) is 12.7 Å². The van der Waals surface area contributed by atoms with Crippen molar-refractivity contribution in [3.8, 4) is 11.5 Å². The second kappa shape index (κ2) is 4.72. The van der Waals surface area contributed by atoms with Gasteiger partial charge < -0.3 is 14.9 Å². The van der Waals surface area contributed by atoms with Crippen LogP contribution in [0.15, 0.2) is 24.3 Å². The van der Waals surface area contributed by atoms with Crippen LogP contribution in [0.1, 0.15) is 13.3 Å². The lowest BCUT2D eigenvalue weighted by molar-refractivity contribution is 0.155. The molecule has 0 heterocycles. The van der Waals surface area contributed by atoms with E-state index in [2.05, 4.69) is 0 Å². The molecule has 13 heavy (non-hydrogen) atoms. The number of aliphatic hydroxyl groups excluding tert-OH is 1. The van der Waals surface area contributed by atoms with E-state index in [9.17, 15) is 0 Å². The molecule has 0 amide bonds. The minimum atomic E-state index is -0.336. The molecule has 0 aliphatic carbocycles. The maximum atomic E-state index is 8.97. The van der Waals surface area contributed by atoms with Crippen LogP contribution < -0.4 is 4.74 Å². The van der Waals surface area contributed by atoms with E-state index in [1.54, 1.807) is 31.2 Å². The highest BCUT2D eigenvalue weighted by atomic mass is 16.5. The average molecular weight is 182 g/mol. The molecule has 0 aliphatic rings. The molecule has 1 rings (SSSR count).